The molecule has 156 valence electrons. The van der Waals surface area contributed by atoms with Crippen molar-refractivity contribution >= 4 is 50.3 Å². The number of anilines is 1. The summed E-state index contributed by atoms with van der Waals surface area (Å²) in [4.78, 5) is 26.8. The van der Waals surface area contributed by atoms with Gasteiger partial charge in [-0.15, -0.1) is 11.3 Å². The average molecular weight is 443 g/mol. The summed E-state index contributed by atoms with van der Waals surface area (Å²) in [6, 6.07) is 8.79. The Morgan fingerprint density at radius 3 is 2.63 bits per heavy atom. The van der Waals surface area contributed by atoms with Gasteiger partial charge in [0.15, 0.2) is 0 Å². The lowest BCUT2D eigenvalue weighted by molar-refractivity contribution is -0.384. The molecule has 1 unspecified atom stereocenters. The number of nitrogens with zero attached hydrogens (tertiary/aromatic N) is 2. The molecule has 4 rings (SSSR count). The van der Waals surface area contributed by atoms with Crippen LogP contribution < -0.4 is 4.90 Å². The van der Waals surface area contributed by atoms with Crippen molar-refractivity contribution in [1.29, 1.82) is 0 Å². The van der Waals surface area contributed by atoms with Crippen LogP contribution in [0.4, 0.5) is 11.4 Å². The van der Waals surface area contributed by atoms with E-state index in [2.05, 4.69) is 39.8 Å². The minimum Gasteiger partial charge on any atom is -0.301 e. The molecule has 0 saturated heterocycles. The number of fused-ring (bicyclic) bond motifs is 2. The summed E-state index contributed by atoms with van der Waals surface area (Å²) in [6.07, 6.45) is 0.836. The number of amides is 1. The van der Waals surface area contributed by atoms with Gasteiger partial charge < -0.3 is 4.90 Å². The lowest BCUT2D eigenvalue weighted by Crippen LogP contribution is -2.52. The summed E-state index contributed by atoms with van der Waals surface area (Å²) in [6.45, 7) is 10.5. The van der Waals surface area contributed by atoms with E-state index in [0.29, 0.717) is 25.9 Å². The number of halogens is 1. The smallest absolute Gasteiger partial charge is 0.270 e. The van der Waals surface area contributed by atoms with Gasteiger partial charge in [-0.25, -0.2) is 0 Å². The lowest BCUT2D eigenvalue weighted by Gasteiger charge is -2.46. The number of aryl methyl sites for hydroxylation is 2. The van der Waals surface area contributed by atoms with Gasteiger partial charge in [0.25, 0.3) is 11.6 Å². The molecule has 2 heterocycles. The van der Waals surface area contributed by atoms with E-state index in [1.54, 1.807) is 6.07 Å². The fraction of sp³-hybridized carbons (Fsp3) is 0.348. The van der Waals surface area contributed by atoms with E-state index in [1.165, 1.54) is 34.6 Å². The van der Waals surface area contributed by atoms with E-state index in [9.17, 15) is 14.9 Å². The summed E-state index contributed by atoms with van der Waals surface area (Å²) in [5.41, 5.74) is 3.96. The minimum absolute atomic E-state index is 0.0109. The average Bonchev–Trinajstić information content (AvgIpc) is 2.98. The molecule has 5 nitrogen and oxygen atoms in total. The highest BCUT2D eigenvalue weighted by atomic mass is 35.5. The summed E-state index contributed by atoms with van der Waals surface area (Å²) < 4.78 is 0.640. The third-order valence-corrected chi connectivity index (χ3v) is 7.51. The second-order valence-corrected chi connectivity index (χ2v) is 10.2. The maximum absolute atomic E-state index is 13.8. The zero-order chi connectivity index (χ0) is 22.0. The van der Waals surface area contributed by atoms with E-state index < -0.39 is 10.5 Å². The molecule has 0 aliphatic carbocycles. The molecule has 0 fully saturated rings. The molecule has 0 spiro atoms. The molecule has 2 aromatic carbocycles. The maximum Gasteiger partial charge on any atom is 0.270 e. The van der Waals surface area contributed by atoms with Crippen LogP contribution in [0.25, 0.3) is 10.1 Å². The van der Waals surface area contributed by atoms with Crippen molar-refractivity contribution in [2.75, 3.05) is 4.90 Å². The first-order chi connectivity index (χ1) is 14.0. The Labute approximate surface area is 184 Å². The highest BCUT2D eigenvalue weighted by molar-refractivity contribution is 7.21. The molecule has 7 heteroatoms. The number of non-ortho nitro benzene ring substituents is 1. The Bertz CT molecular complexity index is 1210. The molecule has 3 aromatic rings. The Morgan fingerprint density at radius 1 is 1.27 bits per heavy atom. The Kier molecular flexibility index (Phi) is 4.90. The van der Waals surface area contributed by atoms with Crippen LogP contribution in [0.3, 0.4) is 0 Å². The molecule has 1 aromatic heterocycles. The molecule has 1 atom stereocenters. The standard InChI is InChI=1S/C23H23ClN2O3S/c1-12-8-13(2)20-17(9-12)14(3)11-23(4,5)25(20)22(27)21-19(24)16-7-6-15(26(28)29)10-18(16)30-21/h6-10,14H,11H2,1-5H3. The van der Waals surface area contributed by atoms with E-state index in [4.69, 9.17) is 11.6 Å². The predicted molar refractivity (Wildman–Crippen MR) is 123 cm³/mol. The maximum atomic E-state index is 13.8. The molecule has 1 aliphatic heterocycles. The minimum atomic E-state index is -0.439. The highest BCUT2D eigenvalue weighted by Crippen LogP contribution is 2.47. The van der Waals surface area contributed by atoms with Gasteiger partial charge in [0, 0.05) is 27.8 Å². The van der Waals surface area contributed by atoms with E-state index in [1.807, 2.05) is 11.8 Å². The first kappa shape index (κ1) is 20.8. The van der Waals surface area contributed by atoms with Crippen molar-refractivity contribution in [3.05, 3.63) is 67.0 Å². The van der Waals surface area contributed by atoms with Crippen LogP contribution in [0.5, 0.6) is 0 Å². The number of carbonyl (C=O) groups is 1. The Balaban J connectivity index is 1.90. The highest BCUT2D eigenvalue weighted by Gasteiger charge is 2.42. The Hall–Kier alpha value is -2.44. The third kappa shape index (κ3) is 3.19. The second kappa shape index (κ2) is 7.06. The number of thiophene rings is 1. The molecule has 0 radical (unpaired) electrons. The Morgan fingerprint density at radius 2 is 1.97 bits per heavy atom. The monoisotopic (exact) mass is 442 g/mol. The zero-order valence-electron chi connectivity index (χ0n) is 17.6. The summed E-state index contributed by atoms with van der Waals surface area (Å²) in [5, 5.41) is 12.2. The number of nitro benzene ring substituents is 1. The largest absolute Gasteiger partial charge is 0.301 e. The SMILES string of the molecule is Cc1cc(C)c2c(c1)C(C)CC(C)(C)N2C(=O)c1sc2cc([N+](=O)[O-])ccc2c1Cl. The van der Waals surface area contributed by atoms with E-state index >= 15 is 0 Å². The molecule has 1 amide bonds. The number of hydrogen-bond acceptors (Lipinski definition) is 4. The van der Waals surface area contributed by atoms with Gasteiger partial charge in [-0.05, 0) is 57.2 Å². The van der Waals surface area contributed by atoms with Gasteiger partial charge >= 0.3 is 0 Å². The molecular formula is C23H23ClN2O3S. The normalized spacial score (nSPS) is 17.8. The van der Waals surface area contributed by atoms with Crippen molar-refractivity contribution in [2.45, 2.75) is 52.5 Å². The second-order valence-electron chi connectivity index (χ2n) is 8.76. The van der Waals surface area contributed by atoms with Gasteiger partial charge in [-0.2, -0.15) is 0 Å². The number of hydrogen-bond donors (Lipinski definition) is 0. The van der Waals surface area contributed by atoms with Crippen molar-refractivity contribution in [2.24, 2.45) is 0 Å². The van der Waals surface area contributed by atoms with Gasteiger partial charge in [-0.3, -0.25) is 14.9 Å². The first-order valence-corrected chi connectivity index (χ1v) is 11.0. The third-order valence-electron chi connectivity index (χ3n) is 5.86. The number of benzene rings is 2. The van der Waals surface area contributed by atoms with Crippen LogP contribution in [0.15, 0.2) is 30.3 Å². The number of carbonyl (C=O) groups excluding carboxylic acids is 1. The zero-order valence-corrected chi connectivity index (χ0v) is 19.1. The van der Waals surface area contributed by atoms with Crippen molar-refractivity contribution in [1.82, 2.24) is 0 Å². The van der Waals surface area contributed by atoms with Crippen LogP contribution >= 0.6 is 22.9 Å². The van der Waals surface area contributed by atoms with Gasteiger partial charge in [-0.1, -0.05) is 36.2 Å². The predicted octanol–water partition coefficient (Wildman–Crippen LogP) is 7.01. The van der Waals surface area contributed by atoms with Crippen LogP contribution in [-0.4, -0.2) is 16.4 Å². The van der Waals surface area contributed by atoms with Gasteiger partial charge in [0.2, 0.25) is 0 Å². The molecular weight excluding hydrogens is 420 g/mol. The van der Waals surface area contributed by atoms with Crippen LogP contribution in [-0.2, 0) is 0 Å². The fourth-order valence-electron chi connectivity index (χ4n) is 4.71. The summed E-state index contributed by atoms with van der Waals surface area (Å²) >= 11 is 7.82. The molecule has 0 saturated carbocycles. The van der Waals surface area contributed by atoms with Crippen molar-refractivity contribution in [3.63, 3.8) is 0 Å². The van der Waals surface area contributed by atoms with Crippen molar-refractivity contribution in [3.8, 4) is 0 Å². The fourth-order valence-corrected chi connectivity index (χ4v) is 6.19. The van der Waals surface area contributed by atoms with Crippen molar-refractivity contribution < 1.29 is 9.72 Å². The van der Waals surface area contributed by atoms with E-state index in [-0.39, 0.29) is 11.6 Å². The summed E-state index contributed by atoms with van der Waals surface area (Å²) in [7, 11) is 0. The molecule has 30 heavy (non-hydrogen) atoms. The van der Waals surface area contributed by atoms with Crippen LogP contribution in [0.1, 0.15) is 59.5 Å². The number of nitro groups is 1. The van der Waals surface area contributed by atoms with Crippen LogP contribution in [0.2, 0.25) is 5.02 Å². The van der Waals surface area contributed by atoms with E-state index in [0.717, 1.165) is 17.7 Å². The lowest BCUT2D eigenvalue weighted by atomic mass is 9.78. The number of rotatable bonds is 2. The van der Waals surface area contributed by atoms with Gasteiger partial charge in [0.1, 0.15) is 4.88 Å². The summed E-state index contributed by atoms with van der Waals surface area (Å²) in [5.74, 6) is 0.173. The quantitative estimate of drug-likeness (QED) is 0.316. The molecule has 0 bridgehead atoms. The molecule has 0 N–H and O–H groups in total. The molecule has 1 aliphatic rings. The first-order valence-electron chi connectivity index (χ1n) is 9.83. The van der Waals surface area contributed by atoms with Gasteiger partial charge in [0.05, 0.1) is 15.6 Å². The topological polar surface area (TPSA) is 63.5 Å². The van der Waals surface area contributed by atoms with Crippen LogP contribution in [0, 0.1) is 24.0 Å².